The van der Waals surface area contributed by atoms with Crippen molar-refractivity contribution < 1.29 is 24.2 Å². The monoisotopic (exact) mass is 462 g/mol. The van der Waals surface area contributed by atoms with Crippen molar-refractivity contribution in [3.8, 4) is 22.8 Å². The second kappa shape index (κ2) is 9.82. The number of pyridine rings is 1. The van der Waals surface area contributed by atoms with Gasteiger partial charge in [-0.25, -0.2) is 4.79 Å². The molecule has 2 heterocycles. The Kier molecular flexibility index (Phi) is 6.67. The van der Waals surface area contributed by atoms with Gasteiger partial charge in [-0.3, -0.25) is 9.59 Å². The van der Waals surface area contributed by atoms with E-state index in [2.05, 4.69) is 5.32 Å². The van der Waals surface area contributed by atoms with Crippen molar-refractivity contribution in [3.63, 3.8) is 0 Å². The van der Waals surface area contributed by atoms with Gasteiger partial charge in [0.15, 0.2) is 16.9 Å². The topological polar surface area (TPSA) is 107 Å². The Morgan fingerprint density at radius 2 is 1.74 bits per heavy atom. The number of carboxylic acid groups (broad SMARTS) is 1. The van der Waals surface area contributed by atoms with Gasteiger partial charge in [-0.2, -0.15) is 0 Å². The first-order valence-electron chi connectivity index (χ1n) is 11.2. The third-order valence-electron chi connectivity index (χ3n) is 5.74. The van der Waals surface area contributed by atoms with Crippen LogP contribution in [0.15, 0.2) is 59.5 Å². The van der Waals surface area contributed by atoms with Crippen LogP contribution in [0.25, 0.3) is 11.3 Å². The van der Waals surface area contributed by atoms with Crippen molar-refractivity contribution in [2.75, 3.05) is 19.8 Å². The molecule has 0 aliphatic carbocycles. The molecule has 2 aromatic carbocycles. The van der Waals surface area contributed by atoms with Crippen LogP contribution in [0.5, 0.6) is 11.5 Å². The number of nitrogens with zero attached hydrogens (tertiary/aromatic N) is 1. The van der Waals surface area contributed by atoms with E-state index in [1.165, 1.54) is 12.3 Å². The number of nitrogens with one attached hydrogen (secondary N) is 1. The molecule has 1 aliphatic rings. The van der Waals surface area contributed by atoms with Gasteiger partial charge in [0.1, 0.15) is 5.56 Å². The summed E-state index contributed by atoms with van der Waals surface area (Å²) in [6, 6.07) is 13.6. The molecule has 8 heteroatoms. The first kappa shape index (κ1) is 23.1. The molecule has 0 saturated carbocycles. The lowest BCUT2D eigenvalue weighted by molar-refractivity contribution is 0.0693. The van der Waals surface area contributed by atoms with Crippen molar-refractivity contribution >= 4 is 11.9 Å². The van der Waals surface area contributed by atoms with E-state index in [9.17, 15) is 19.5 Å². The number of hydrogen-bond acceptors (Lipinski definition) is 5. The summed E-state index contributed by atoms with van der Waals surface area (Å²) in [6.45, 7) is 4.92. The lowest BCUT2D eigenvalue weighted by atomic mass is 9.91. The van der Waals surface area contributed by atoms with E-state index in [1.807, 2.05) is 32.0 Å². The number of rotatable bonds is 8. The summed E-state index contributed by atoms with van der Waals surface area (Å²) in [5.74, 6) is -0.359. The fourth-order valence-electron chi connectivity index (χ4n) is 4.20. The zero-order valence-corrected chi connectivity index (χ0v) is 19.0. The Hall–Kier alpha value is -4.07. The molecule has 34 heavy (non-hydrogen) atoms. The predicted octanol–water partition coefficient (Wildman–Crippen LogP) is 3.54. The van der Waals surface area contributed by atoms with Gasteiger partial charge in [-0.05, 0) is 50.1 Å². The minimum Gasteiger partial charge on any atom is -0.490 e. The van der Waals surface area contributed by atoms with E-state index in [0.717, 1.165) is 11.1 Å². The van der Waals surface area contributed by atoms with Crippen LogP contribution in [0.3, 0.4) is 0 Å². The van der Waals surface area contributed by atoms with E-state index < -0.39 is 11.4 Å². The average Bonchev–Trinajstić information content (AvgIpc) is 2.83. The summed E-state index contributed by atoms with van der Waals surface area (Å²) in [6.07, 6.45) is 1.87. The maximum Gasteiger partial charge on any atom is 0.341 e. The van der Waals surface area contributed by atoms with Crippen LogP contribution >= 0.6 is 0 Å². The van der Waals surface area contributed by atoms with Crippen molar-refractivity contribution in [1.82, 2.24) is 9.88 Å². The molecule has 1 unspecified atom stereocenters. The molecule has 0 fully saturated rings. The van der Waals surface area contributed by atoms with Crippen LogP contribution in [0, 0.1) is 0 Å². The number of carboxylic acids is 1. The molecule has 0 bridgehead atoms. The van der Waals surface area contributed by atoms with Crippen LogP contribution < -0.4 is 20.2 Å². The van der Waals surface area contributed by atoms with Crippen molar-refractivity contribution in [2.24, 2.45) is 0 Å². The maximum absolute atomic E-state index is 12.6. The minimum absolute atomic E-state index is 0.228. The fraction of sp³-hybridized carbons (Fsp3) is 0.269. The highest BCUT2D eigenvalue weighted by Gasteiger charge is 2.28. The highest BCUT2D eigenvalue weighted by molar-refractivity contribution is 5.94. The van der Waals surface area contributed by atoms with Crippen LogP contribution in [0.1, 0.15) is 46.2 Å². The van der Waals surface area contributed by atoms with E-state index in [1.54, 1.807) is 28.8 Å². The number of amides is 1. The second-order valence-corrected chi connectivity index (χ2v) is 7.91. The number of carbonyl (C=O) groups excluding carboxylic acids is 1. The molecular formula is C26H26N2O6. The molecule has 3 aromatic rings. The SMILES string of the molecule is CCOc1cc2c(cc1OCC)-c1cc(=O)c(C(=O)O)cn1C(CNC(=O)c1ccccc1)C2. The number of aromatic nitrogens is 1. The van der Waals surface area contributed by atoms with Gasteiger partial charge in [-0.15, -0.1) is 0 Å². The summed E-state index contributed by atoms with van der Waals surface area (Å²) in [5.41, 5.74) is 1.90. The fourth-order valence-corrected chi connectivity index (χ4v) is 4.20. The van der Waals surface area contributed by atoms with Gasteiger partial charge in [0.25, 0.3) is 5.91 Å². The molecule has 4 rings (SSSR count). The van der Waals surface area contributed by atoms with Crippen LogP contribution in [0.4, 0.5) is 0 Å². The number of carbonyl (C=O) groups is 2. The molecule has 8 nitrogen and oxygen atoms in total. The molecular weight excluding hydrogens is 436 g/mol. The molecule has 0 saturated heterocycles. The summed E-state index contributed by atoms with van der Waals surface area (Å²) in [5, 5.41) is 12.4. The lowest BCUT2D eigenvalue weighted by Gasteiger charge is -2.31. The third kappa shape index (κ3) is 4.52. The van der Waals surface area contributed by atoms with Gasteiger partial charge in [0.05, 0.1) is 24.9 Å². The average molecular weight is 463 g/mol. The van der Waals surface area contributed by atoms with Gasteiger partial charge >= 0.3 is 5.97 Å². The standard InChI is InChI=1S/C26H26N2O6/c1-3-33-23-11-17-10-18(14-27-25(30)16-8-6-5-7-9-16)28-15-20(26(31)32)22(29)13-21(28)19(17)12-24(23)34-4-2/h5-9,11-13,15,18H,3-4,10,14H2,1-2H3,(H,27,30)(H,31,32). The van der Waals surface area contributed by atoms with E-state index in [-0.39, 0.29) is 24.1 Å². The lowest BCUT2D eigenvalue weighted by Crippen LogP contribution is -2.35. The molecule has 2 N–H and O–H groups in total. The Labute approximate surface area is 196 Å². The summed E-state index contributed by atoms with van der Waals surface area (Å²) < 4.78 is 13.3. The molecule has 1 aliphatic heterocycles. The number of ether oxygens (including phenoxy) is 2. The first-order valence-corrected chi connectivity index (χ1v) is 11.2. The molecule has 0 spiro atoms. The van der Waals surface area contributed by atoms with Crippen molar-refractivity contribution in [3.05, 3.63) is 81.6 Å². The number of aromatic carboxylic acids is 1. The van der Waals surface area contributed by atoms with Crippen molar-refractivity contribution in [2.45, 2.75) is 26.3 Å². The molecule has 1 atom stereocenters. The Morgan fingerprint density at radius 3 is 2.38 bits per heavy atom. The largest absolute Gasteiger partial charge is 0.490 e. The summed E-state index contributed by atoms with van der Waals surface area (Å²) >= 11 is 0. The number of hydrogen-bond donors (Lipinski definition) is 2. The smallest absolute Gasteiger partial charge is 0.341 e. The van der Waals surface area contributed by atoms with Gasteiger partial charge in [0, 0.05) is 29.9 Å². The predicted molar refractivity (Wildman–Crippen MR) is 127 cm³/mol. The van der Waals surface area contributed by atoms with Gasteiger partial charge in [-0.1, -0.05) is 18.2 Å². The van der Waals surface area contributed by atoms with Crippen LogP contribution in [-0.4, -0.2) is 41.3 Å². The highest BCUT2D eigenvalue weighted by Crippen LogP contribution is 2.41. The third-order valence-corrected chi connectivity index (χ3v) is 5.74. The molecule has 1 aromatic heterocycles. The zero-order chi connectivity index (χ0) is 24.2. The van der Waals surface area contributed by atoms with Gasteiger partial charge in [0.2, 0.25) is 0 Å². The second-order valence-electron chi connectivity index (χ2n) is 7.91. The quantitative estimate of drug-likeness (QED) is 0.530. The Balaban J connectivity index is 1.77. The van der Waals surface area contributed by atoms with Crippen LogP contribution in [-0.2, 0) is 6.42 Å². The first-order chi connectivity index (χ1) is 16.4. The van der Waals surface area contributed by atoms with Crippen molar-refractivity contribution in [1.29, 1.82) is 0 Å². The van der Waals surface area contributed by atoms with Crippen LogP contribution in [0.2, 0.25) is 0 Å². The highest BCUT2D eigenvalue weighted by atomic mass is 16.5. The zero-order valence-electron chi connectivity index (χ0n) is 19.0. The number of benzene rings is 2. The molecule has 176 valence electrons. The normalized spacial score (nSPS) is 14.0. The van der Waals surface area contributed by atoms with E-state index >= 15 is 0 Å². The Morgan fingerprint density at radius 1 is 1.06 bits per heavy atom. The summed E-state index contributed by atoms with van der Waals surface area (Å²) in [4.78, 5) is 36.8. The van der Waals surface area contributed by atoms with Gasteiger partial charge < -0.3 is 24.5 Å². The minimum atomic E-state index is -1.29. The summed E-state index contributed by atoms with van der Waals surface area (Å²) in [7, 11) is 0. The Bertz CT molecular complexity index is 1280. The number of fused-ring (bicyclic) bond motifs is 3. The molecule has 1 amide bonds. The maximum atomic E-state index is 12.6. The van der Waals surface area contributed by atoms with E-state index in [4.69, 9.17) is 9.47 Å². The molecule has 0 radical (unpaired) electrons. The van der Waals surface area contributed by atoms with E-state index in [0.29, 0.717) is 42.4 Å².